The summed E-state index contributed by atoms with van der Waals surface area (Å²) < 4.78 is 11.4. The highest BCUT2D eigenvalue weighted by Crippen LogP contribution is 2.31. The lowest BCUT2D eigenvalue weighted by atomic mass is 9.98. The first kappa shape index (κ1) is 22.6. The van der Waals surface area contributed by atoms with Gasteiger partial charge in [0, 0.05) is 43.0 Å². The Labute approximate surface area is 193 Å². The molecule has 32 heavy (non-hydrogen) atoms. The third kappa shape index (κ3) is 5.59. The van der Waals surface area contributed by atoms with Crippen LogP contribution in [0.3, 0.4) is 0 Å². The molecule has 172 valence electrons. The lowest BCUT2D eigenvalue weighted by Gasteiger charge is -2.32. The summed E-state index contributed by atoms with van der Waals surface area (Å²) in [4.78, 5) is 32.5. The second-order valence-electron chi connectivity index (χ2n) is 9.35. The number of carbonyl (C=O) groups excluding carboxylic acids is 2. The van der Waals surface area contributed by atoms with Gasteiger partial charge in [0.05, 0.1) is 10.7 Å². The minimum absolute atomic E-state index is 0.186. The highest BCUT2D eigenvalue weighted by Gasteiger charge is 2.28. The molecule has 2 aliphatic rings. The van der Waals surface area contributed by atoms with Gasteiger partial charge < -0.3 is 19.3 Å². The summed E-state index contributed by atoms with van der Waals surface area (Å²) in [7, 11) is 0. The number of hydrogen-bond donors (Lipinski definition) is 0. The molecule has 2 aliphatic heterocycles. The molecule has 1 aromatic heterocycles. The number of nitrogens with zero attached hydrogens (tertiary/aromatic N) is 3. The summed E-state index contributed by atoms with van der Waals surface area (Å²) in [6.45, 7) is 8.25. The van der Waals surface area contributed by atoms with E-state index in [0.717, 1.165) is 47.9 Å². The van der Waals surface area contributed by atoms with Crippen LogP contribution in [-0.2, 0) is 16.1 Å². The molecule has 0 bridgehead atoms. The molecule has 0 spiro atoms. The van der Waals surface area contributed by atoms with E-state index in [4.69, 9.17) is 14.5 Å². The third-order valence-electron chi connectivity index (χ3n) is 5.67. The molecule has 0 aliphatic carbocycles. The molecule has 2 fully saturated rings. The van der Waals surface area contributed by atoms with E-state index in [9.17, 15) is 9.59 Å². The number of piperidine rings is 1. The molecular formula is C24H31N3O4S. The number of ether oxygens (including phenoxy) is 2. The average molecular weight is 458 g/mol. The van der Waals surface area contributed by atoms with Gasteiger partial charge in [0.15, 0.2) is 0 Å². The van der Waals surface area contributed by atoms with E-state index in [2.05, 4.69) is 0 Å². The Balaban J connectivity index is 1.26. The van der Waals surface area contributed by atoms with E-state index in [1.54, 1.807) is 16.2 Å². The van der Waals surface area contributed by atoms with Crippen molar-refractivity contribution in [1.29, 1.82) is 0 Å². The quantitative estimate of drug-likeness (QED) is 0.634. The van der Waals surface area contributed by atoms with E-state index in [1.807, 2.05) is 55.3 Å². The van der Waals surface area contributed by atoms with Crippen LogP contribution in [0, 0.1) is 0 Å². The van der Waals surface area contributed by atoms with Gasteiger partial charge in [-0.15, -0.1) is 11.3 Å². The summed E-state index contributed by atoms with van der Waals surface area (Å²) in [5.74, 6) is 1.32. The van der Waals surface area contributed by atoms with Crippen molar-refractivity contribution in [3.8, 4) is 5.75 Å². The fourth-order valence-electron chi connectivity index (χ4n) is 4.01. The fourth-order valence-corrected chi connectivity index (χ4v) is 4.99. The predicted octanol–water partition coefficient (Wildman–Crippen LogP) is 4.96. The molecular weight excluding hydrogens is 426 g/mol. The number of aromatic nitrogens is 1. The number of thiazole rings is 1. The second kappa shape index (κ2) is 9.48. The topological polar surface area (TPSA) is 72.0 Å². The summed E-state index contributed by atoms with van der Waals surface area (Å²) >= 11 is 1.66. The van der Waals surface area contributed by atoms with Crippen LogP contribution in [0.1, 0.15) is 63.1 Å². The molecule has 7 nitrogen and oxygen atoms in total. The van der Waals surface area contributed by atoms with Crippen LogP contribution in [-0.4, -0.2) is 47.1 Å². The summed E-state index contributed by atoms with van der Waals surface area (Å²) in [6, 6.07) is 7.67. The van der Waals surface area contributed by atoms with Crippen molar-refractivity contribution in [3.63, 3.8) is 0 Å². The van der Waals surface area contributed by atoms with Gasteiger partial charge in [-0.3, -0.25) is 4.79 Å². The van der Waals surface area contributed by atoms with Gasteiger partial charge in [0.25, 0.3) is 0 Å². The lowest BCUT2D eigenvalue weighted by molar-refractivity contribution is -0.117. The summed E-state index contributed by atoms with van der Waals surface area (Å²) in [6.07, 6.45) is 3.10. The first-order chi connectivity index (χ1) is 15.3. The van der Waals surface area contributed by atoms with Crippen molar-refractivity contribution in [1.82, 2.24) is 9.88 Å². The molecule has 2 saturated heterocycles. The van der Waals surface area contributed by atoms with Crippen LogP contribution < -0.4 is 9.64 Å². The van der Waals surface area contributed by atoms with Crippen molar-refractivity contribution >= 4 is 29.0 Å². The minimum Gasteiger partial charge on any atom is -0.487 e. The molecule has 4 rings (SSSR count). The maximum absolute atomic E-state index is 12.2. The van der Waals surface area contributed by atoms with Gasteiger partial charge in [0.1, 0.15) is 18.0 Å². The predicted molar refractivity (Wildman–Crippen MR) is 124 cm³/mol. The summed E-state index contributed by atoms with van der Waals surface area (Å²) in [5, 5.41) is 3.16. The van der Waals surface area contributed by atoms with E-state index in [-0.39, 0.29) is 12.0 Å². The van der Waals surface area contributed by atoms with Crippen LogP contribution in [0.5, 0.6) is 5.75 Å². The van der Waals surface area contributed by atoms with Crippen LogP contribution in [0.2, 0.25) is 0 Å². The van der Waals surface area contributed by atoms with E-state index < -0.39 is 5.60 Å². The molecule has 0 unspecified atom stereocenters. The molecule has 3 heterocycles. The minimum atomic E-state index is -0.468. The largest absolute Gasteiger partial charge is 0.487 e. The molecule has 2 amide bonds. The SMILES string of the molecule is CC(C)(C)OC(=O)N1CCC(c2nc(COc3ccc(N4CCCC4=O)cc3)cs2)CC1. The molecule has 8 heteroatoms. The highest BCUT2D eigenvalue weighted by molar-refractivity contribution is 7.09. The fraction of sp³-hybridized carbons (Fsp3) is 0.542. The van der Waals surface area contributed by atoms with Crippen molar-refractivity contribution < 1.29 is 19.1 Å². The Morgan fingerprint density at radius 2 is 1.88 bits per heavy atom. The van der Waals surface area contributed by atoms with Crippen LogP contribution in [0.15, 0.2) is 29.6 Å². The molecule has 0 radical (unpaired) electrons. The maximum Gasteiger partial charge on any atom is 0.410 e. The smallest absolute Gasteiger partial charge is 0.410 e. The first-order valence-electron chi connectivity index (χ1n) is 11.2. The number of likely N-dealkylation sites (tertiary alicyclic amines) is 1. The van der Waals surface area contributed by atoms with Gasteiger partial charge in [-0.25, -0.2) is 9.78 Å². The van der Waals surface area contributed by atoms with Gasteiger partial charge in [-0.2, -0.15) is 0 Å². The molecule has 0 saturated carbocycles. The van der Waals surface area contributed by atoms with E-state index in [1.165, 1.54) is 0 Å². The number of carbonyl (C=O) groups is 2. The maximum atomic E-state index is 12.2. The van der Waals surface area contributed by atoms with Gasteiger partial charge in [-0.05, 0) is 64.3 Å². The molecule has 2 aromatic rings. The highest BCUT2D eigenvalue weighted by atomic mass is 32.1. The van der Waals surface area contributed by atoms with Crippen molar-refractivity contribution in [2.45, 2.75) is 64.6 Å². The van der Waals surface area contributed by atoms with Crippen molar-refractivity contribution in [2.75, 3.05) is 24.5 Å². The Morgan fingerprint density at radius 1 is 1.16 bits per heavy atom. The van der Waals surface area contributed by atoms with Crippen molar-refractivity contribution in [3.05, 3.63) is 40.3 Å². The van der Waals surface area contributed by atoms with Crippen molar-refractivity contribution in [2.24, 2.45) is 0 Å². The Kier molecular flexibility index (Phi) is 6.69. The first-order valence-corrected chi connectivity index (χ1v) is 12.1. The standard InChI is InChI=1S/C24H31N3O4S/c1-24(2,3)31-23(29)26-13-10-17(11-14-26)22-25-18(16-32-22)15-30-20-8-6-19(7-9-20)27-12-4-5-21(27)28/h6-9,16-17H,4-5,10-15H2,1-3H3. The van der Waals surface area contributed by atoms with E-state index >= 15 is 0 Å². The third-order valence-corrected chi connectivity index (χ3v) is 6.73. The lowest BCUT2D eigenvalue weighted by Crippen LogP contribution is -2.41. The molecule has 0 N–H and O–H groups in total. The zero-order valence-corrected chi connectivity index (χ0v) is 19.8. The molecule has 1 aromatic carbocycles. The molecule has 0 atom stereocenters. The zero-order chi connectivity index (χ0) is 22.7. The van der Waals surface area contributed by atoms with Crippen LogP contribution in [0.4, 0.5) is 10.5 Å². The number of anilines is 1. The number of rotatable bonds is 5. The Hall–Kier alpha value is -2.61. The number of hydrogen-bond acceptors (Lipinski definition) is 6. The van der Waals surface area contributed by atoms with Crippen LogP contribution >= 0.6 is 11.3 Å². The van der Waals surface area contributed by atoms with E-state index in [0.29, 0.717) is 32.0 Å². The summed E-state index contributed by atoms with van der Waals surface area (Å²) in [5.41, 5.74) is 1.37. The normalized spacial score (nSPS) is 17.7. The number of amides is 2. The second-order valence-corrected chi connectivity index (χ2v) is 10.2. The Morgan fingerprint density at radius 3 is 2.50 bits per heavy atom. The van der Waals surface area contributed by atoms with Gasteiger partial charge in [0.2, 0.25) is 5.91 Å². The zero-order valence-electron chi connectivity index (χ0n) is 19.0. The van der Waals surface area contributed by atoms with Gasteiger partial charge in [-0.1, -0.05) is 0 Å². The van der Waals surface area contributed by atoms with Crippen LogP contribution in [0.25, 0.3) is 0 Å². The van der Waals surface area contributed by atoms with Gasteiger partial charge >= 0.3 is 6.09 Å². The Bertz CT molecular complexity index is 943. The average Bonchev–Trinajstić information content (AvgIpc) is 3.41. The monoisotopic (exact) mass is 457 g/mol. The number of benzene rings is 1.